The average molecular weight is 652 g/mol. The Labute approximate surface area is 256 Å². The Balaban J connectivity index is 1.52. The van der Waals surface area contributed by atoms with E-state index in [1.54, 1.807) is 26.0 Å². The summed E-state index contributed by atoms with van der Waals surface area (Å²) >= 11 is 5.75. The number of fused-ring (bicyclic) bond motifs is 3. The van der Waals surface area contributed by atoms with Crippen LogP contribution in [0.15, 0.2) is 47.4 Å². The number of carbonyl (C=O) groups is 3. The number of rotatable bonds is 5. The Bertz CT molecular complexity index is 1770. The highest BCUT2D eigenvalue weighted by atomic mass is 35.5. The summed E-state index contributed by atoms with van der Waals surface area (Å²) in [7, 11) is -1.97. The van der Waals surface area contributed by atoms with Gasteiger partial charge in [0.1, 0.15) is 11.7 Å². The van der Waals surface area contributed by atoms with Gasteiger partial charge in [0.05, 0.1) is 40.3 Å². The molecule has 1 N–H and O–H groups in total. The van der Waals surface area contributed by atoms with Crippen LogP contribution in [-0.2, 0) is 33.8 Å². The van der Waals surface area contributed by atoms with E-state index in [9.17, 15) is 36.0 Å². The maximum atomic E-state index is 14.1. The number of likely N-dealkylation sites (N-methyl/N-ethyl adjacent to an activating group) is 1. The molecule has 0 aliphatic carbocycles. The van der Waals surface area contributed by atoms with Crippen LogP contribution in [0.2, 0.25) is 5.02 Å². The molecule has 5 rings (SSSR count). The number of nitrogens with zero attached hydrogens (tertiary/aromatic N) is 4. The van der Waals surface area contributed by atoms with Crippen LogP contribution in [0, 0.1) is 0 Å². The minimum atomic E-state index is -4.76. The summed E-state index contributed by atoms with van der Waals surface area (Å²) in [4.78, 5) is 43.6. The summed E-state index contributed by atoms with van der Waals surface area (Å²) in [5.41, 5.74) is 0.326. The predicted octanol–water partition coefficient (Wildman–Crippen LogP) is 4.05. The standard InChI is InChI=1S/C29H29ClF3N5O5S/c1-15-11-23-20(13-36(15)27(40)18-7-10-22(30)21(12-18)29(31,32)33)25-28(41)37(14-24(26(39)34-3)38(25)35-23)16(2)17-5-8-19(9-6-17)44(4,42)43/h5-10,12,15-16,24H,11,13-14H2,1-4H3,(H,34,39)/t15-,16+,24+/m1/s1. The predicted molar refractivity (Wildman–Crippen MR) is 154 cm³/mol. The van der Waals surface area contributed by atoms with Gasteiger partial charge in [-0.1, -0.05) is 23.7 Å². The highest BCUT2D eigenvalue weighted by Crippen LogP contribution is 2.38. The van der Waals surface area contributed by atoms with Gasteiger partial charge in [0.15, 0.2) is 9.84 Å². The lowest BCUT2D eigenvalue weighted by Crippen LogP contribution is -2.49. The molecule has 3 aromatic rings. The fourth-order valence-electron chi connectivity index (χ4n) is 5.68. The first-order valence-electron chi connectivity index (χ1n) is 13.6. The van der Waals surface area contributed by atoms with E-state index in [4.69, 9.17) is 11.6 Å². The first kappa shape index (κ1) is 31.5. The largest absolute Gasteiger partial charge is 0.417 e. The van der Waals surface area contributed by atoms with Crippen LogP contribution in [0.3, 0.4) is 0 Å². The molecule has 15 heteroatoms. The zero-order chi connectivity index (χ0) is 32.3. The van der Waals surface area contributed by atoms with E-state index in [1.165, 1.54) is 39.7 Å². The number of nitrogens with one attached hydrogen (secondary N) is 1. The van der Waals surface area contributed by atoms with Gasteiger partial charge in [-0.15, -0.1) is 0 Å². The van der Waals surface area contributed by atoms with Crippen molar-refractivity contribution >= 4 is 39.2 Å². The van der Waals surface area contributed by atoms with Crippen molar-refractivity contribution in [3.63, 3.8) is 0 Å². The minimum Gasteiger partial charge on any atom is -0.357 e. The number of halogens is 4. The van der Waals surface area contributed by atoms with Gasteiger partial charge in [-0.3, -0.25) is 14.4 Å². The lowest BCUT2D eigenvalue weighted by Gasteiger charge is -2.38. The third-order valence-corrected chi connectivity index (χ3v) is 9.61. The number of hydrogen-bond acceptors (Lipinski definition) is 6. The van der Waals surface area contributed by atoms with Crippen LogP contribution < -0.4 is 5.32 Å². The third kappa shape index (κ3) is 5.56. The summed E-state index contributed by atoms with van der Waals surface area (Å²) < 4.78 is 65.7. The van der Waals surface area contributed by atoms with E-state index in [0.717, 1.165) is 12.3 Å². The van der Waals surface area contributed by atoms with Crippen LogP contribution in [0.5, 0.6) is 0 Å². The molecule has 0 bridgehead atoms. The van der Waals surface area contributed by atoms with Crippen LogP contribution >= 0.6 is 11.6 Å². The zero-order valence-electron chi connectivity index (χ0n) is 24.1. The van der Waals surface area contributed by atoms with Crippen molar-refractivity contribution in [2.75, 3.05) is 19.8 Å². The smallest absolute Gasteiger partial charge is 0.357 e. The Morgan fingerprint density at radius 1 is 1.14 bits per heavy atom. The number of carbonyl (C=O) groups excluding carboxylic acids is 3. The molecule has 0 saturated heterocycles. The second-order valence-corrected chi connectivity index (χ2v) is 13.4. The maximum absolute atomic E-state index is 14.1. The Morgan fingerprint density at radius 2 is 1.80 bits per heavy atom. The SMILES string of the molecule is CNC(=O)[C@@H]1CN([C@@H](C)c2ccc(S(C)(=O)=O)cc2)C(=O)c2c3c(nn21)C[C@@H](C)N(C(=O)c1ccc(Cl)c(C(F)(F)F)c1)C3. The van der Waals surface area contributed by atoms with Gasteiger partial charge in [-0.05, 0) is 49.7 Å². The van der Waals surface area contributed by atoms with E-state index in [2.05, 4.69) is 10.4 Å². The van der Waals surface area contributed by atoms with Crippen LogP contribution in [0.4, 0.5) is 13.2 Å². The summed E-state index contributed by atoms with van der Waals surface area (Å²) in [5, 5.41) is 6.68. The Hall–Kier alpha value is -3.91. The van der Waals surface area contributed by atoms with Crippen molar-refractivity contribution in [1.82, 2.24) is 24.9 Å². The number of hydrogen-bond donors (Lipinski definition) is 1. The van der Waals surface area contributed by atoms with Crippen molar-refractivity contribution < 1.29 is 36.0 Å². The molecule has 0 spiro atoms. The fraction of sp³-hybridized carbons (Fsp3) is 0.379. The second kappa shape index (κ2) is 11.2. The Morgan fingerprint density at radius 3 is 2.39 bits per heavy atom. The molecule has 3 amide bonds. The molecule has 234 valence electrons. The van der Waals surface area contributed by atoms with Crippen molar-refractivity contribution in [2.24, 2.45) is 0 Å². The number of amides is 3. The highest BCUT2D eigenvalue weighted by molar-refractivity contribution is 7.90. The molecule has 3 heterocycles. The topological polar surface area (TPSA) is 122 Å². The number of benzene rings is 2. The molecule has 1 aromatic heterocycles. The first-order chi connectivity index (χ1) is 20.5. The molecule has 2 aliphatic rings. The summed E-state index contributed by atoms with van der Waals surface area (Å²) in [6.07, 6.45) is -3.46. The summed E-state index contributed by atoms with van der Waals surface area (Å²) in [5.74, 6) is -1.52. The Kier molecular flexibility index (Phi) is 8.04. The van der Waals surface area contributed by atoms with Crippen molar-refractivity contribution in [2.45, 2.75) is 56.0 Å². The number of sulfone groups is 1. The van der Waals surface area contributed by atoms with E-state index in [-0.39, 0.29) is 35.7 Å². The van der Waals surface area contributed by atoms with Gasteiger partial charge in [0, 0.05) is 36.9 Å². The average Bonchev–Trinajstić information content (AvgIpc) is 3.33. The summed E-state index contributed by atoms with van der Waals surface area (Å²) in [6, 6.07) is 7.12. The molecule has 2 aliphatic heterocycles. The monoisotopic (exact) mass is 651 g/mol. The molecular weight excluding hydrogens is 623 g/mol. The van der Waals surface area contributed by atoms with E-state index >= 15 is 0 Å². The molecule has 0 fully saturated rings. The van der Waals surface area contributed by atoms with Crippen LogP contribution in [0.25, 0.3) is 0 Å². The summed E-state index contributed by atoms with van der Waals surface area (Å²) in [6.45, 7) is 3.34. The lowest BCUT2D eigenvalue weighted by atomic mass is 9.96. The van der Waals surface area contributed by atoms with Crippen molar-refractivity contribution in [3.8, 4) is 0 Å². The van der Waals surface area contributed by atoms with Gasteiger partial charge in [-0.25, -0.2) is 13.1 Å². The molecule has 0 unspecified atom stereocenters. The lowest BCUT2D eigenvalue weighted by molar-refractivity contribution is -0.137. The van der Waals surface area contributed by atoms with Gasteiger partial charge in [-0.2, -0.15) is 18.3 Å². The minimum absolute atomic E-state index is 0.0236. The van der Waals surface area contributed by atoms with Crippen LogP contribution in [-0.4, -0.2) is 71.6 Å². The highest BCUT2D eigenvalue weighted by Gasteiger charge is 2.44. The van der Waals surface area contributed by atoms with Crippen molar-refractivity contribution in [3.05, 3.63) is 81.1 Å². The molecule has 0 saturated carbocycles. The number of aromatic nitrogens is 2. The quantitative estimate of drug-likeness (QED) is 0.444. The molecule has 3 atom stereocenters. The molecule has 2 aromatic carbocycles. The number of alkyl halides is 3. The molecule has 10 nitrogen and oxygen atoms in total. The van der Waals surface area contributed by atoms with E-state index in [0.29, 0.717) is 22.9 Å². The van der Waals surface area contributed by atoms with E-state index in [1.807, 2.05) is 0 Å². The van der Waals surface area contributed by atoms with Gasteiger partial charge in [0.25, 0.3) is 11.8 Å². The fourth-order valence-corrected chi connectivity index (χ4v) is 6.53. The first-order valence-corrected chi connectivity index (χ1v) is 15.9. The second-order valence-electron chi connectivity index (χ2n) is 11.0. The van der Waals surface area contributed by atoms with Gasteiger partial charge >= 0.3 is 6.18 Å². The van der Waals surface area contributed by atoms with Gasteiger partial charge in [0.2, 0.25) is 5.91 Å². The van der Waals surface area contributed by atoms with E-state index < -0.39 is 62.4 Å². The maximum Gasteiger partial charge on any atom is 0.417 e. The van der Waals surface area contributed by atoms with Crippen LogP contribution in [0.1, 0.15) is 69.2 Å². The zero-order valence-corrected chi connectivity index (χ0v) is 25.7. The molecular formula is C29H29ClF3N5O5S. The molecule has 0 radical (unpaired) electrons. The van der Waals surface area contributed by atoms with Gasteiger partial charge < -0.3 is 15.1 Å². The van der Waals surface area contributed by atoms with Crippen molar-refractivity contribution in [1.29, 1.82) is 0 Å². The molecule has 44 heavy (non-hydrogen) atoms. The third-order valence-electron chi connectivity index (χ3n) is 8.16. The normalized spacial score (nSPS) is 19.3.